The van der Waals surface area contributed by atoms with Gasteiger partial charge >= 0.3 is 0 Å². The van der Waals surface area contributed by atoms with E-state index in [-0.39, 0.29) is 11.5 Å². The summed E-state index contributed by atoms with van der Waals surface area (Å²) in [6.07, 6.45) is 0. The van der Waals surface area contributed by atoms with Gasteiger partial charge in [0.05, 0.1) is 5.39 Å². The maximum atomic E-state index is 12.4. The van der Waals surface area contributed by atoms with Gasteiger partial charge < -0.3 is 10.2 Å². The SMILES string of the molecule is CCSc1oc2c([C@@H](C)N)cc(Br)cc2c(=O)c1C. The van der Waals surface area contributed by atoms with E-state index in [0.717, 1.165) is 15.8 Å². The van der Waals surface area contributed by atoms with Gasteiger partial charge in [0.1, 0.15) is 5.58 Å². The highest BCUT2D eigenvalue weighted by Gasteiger charge is 2.16. The molecule has 102 valence electrons. The molecule has 0 spiro atoms. The lowest BCUT2D eigenvalue weighted by Crippen LogP contribution is -2.11. The van der Waals surface area contributed by atoms with E-state index in [1.165, 1.54) is 11.8 Å². The fourth-order valence-corrected chi connectivity index (χ4v) is 3.16. The Labute approximate surface area is 124 Å². The molecule has 1 aromatic carbocycles. The zero-order valence-corrected chi connectivity index (χ0v) is 13.5. The van der Waals surface area contributed by atoms with Crippen LogP contribution in [0.4, 0.5) is 0 Å². The van der Waals surface area contributed by atoms with Crippen molar-refractivity contribution in [2.75, 3.05) is 5.75 Å². The van der Waals surface area contributed by atoms with Crippen molar-refractivity contribution in [1.29, 1.82) is 0 Å². The molecule has 0 aliphatic rings. The van der Waals surface area contributed by atoms with Crippen molar-refractivity contribution in [1.82, 2.24) is 0 Å². The van der Waals surface area contributed by atoms with E-state index in [1.807, 2.05) is 19.9 Å². The Morgan fingerprint density at radius 1 is 1.47 bits per heavy atom. The molecule has 5 heteroatoms. The first kappa shape index (κ1) is 14.6. The lowest BCUT2D eigenvalue weighted by molar-refractivity contribution is 0.487. The molecule has 0 fully saturated rings. The lowest BCUT2D eigenvalue weighted by atomic mass is 10.0. The van der Waals surface area contributed by atoms with Gasteiger partial charge in [0, 0.05) is 21.6 Å². The Morgan fingerprint density at radius 3 is 2.74 bits per heavy atom. The van der Waals surface area contributed by atoms with Crippen LogP contribution in [0.15, 0.2) is 30.9 Å². The van der Waals surface area contributed by atoms with E-state index in [4.69, 9.17) is 10.2 Å². The van der Waals surface area contributed by atoms with Crippen molar-refractivity contribution in [3.63, 3.8) is 0 Å². The van der Waals surface area contributed by atoms with Gasteiger partial charge in [0.25, 0.3) is 0 Å². The Hall–Kier alpha value is -0.780. The topological polar surface area (TPSA) is 56.2 Å². The number of halogens is 1. The highest BCUT2D eigenvalue weighted by molar-refractivity contribution is 9.10. The van der Waals surface area contributed by atoms with E-state index in [2.05, 4.69) is 15.9 Å². The summed E-state index contributed by atoms with van der Waals surface area (Å²) < 4.78 is 6.77. The van der Waals surface area contributed by atoms with Gasteiger partial charge in [-0.25, -0.2) is 0 Å². The van der Waals surface area contributed by atoms with Crippen LogP contribution in [0.5, 0.6) is 0 Å². The van der Waals surface area contributed by atoms with Gasteiger partial charge in [-0.3, -0.25) is 4.79 Å². The van der Waals surface area contributed by atoms with Crippen molar-refractivity contribution < 1.29 is 4.42 Å². The molecule has 0 saturated carbocycles. The van der Waals surface area contributed by atoms with Gasteiger partial charge in [0.2, 0.25) is 0 Å². The van der Waals surface area contributed by atoms with E-state index in [1.54, 1.807) is 13.0 Å². The normalized spacial score (nSPS) is 12.9. The highest BCUT2D eigenvalue weighted by Crippen LogP contribution is 2.30. The van der Waals surface area contributed by atoms with Crippen LogP contribution in [-0.2, 0) is 0 Å². The molecule has 1 atom stereocenters. The summed E-state index contributed by atoms with van der Waals surface area (Å²) in [5.41, 5.74) is 8.09. The predicted molar refractivity (Wildman–Crippen MR) is 83.9 cm³/mol. The molecule has 2 aromatic rings. The molecule has 2 rings (SSSR count). The number of rotatable bonds is 3. The average Bonchev–Trinajstić information content (AvgIpc) is 2.36. The first-order chi connectivity index (χ1) is 8.95. The van der Waals surface area contributed by atoms with Crippen molar-refractivity contribution >= 4 is 38.7 Å². The highest BCUT2D eigenvalue weighted by atomic mass is 79.9. The monoisotopic (exact) mass is 341 g/mol. The van der Waals surface area contributed by atoms with Crippen LogP contribution in [0.1, 0.15) is 31.0 Å². The number of nitrogens with two attached hydrogens (primary N) is 1. The molecule has 1 aromatic heterocycles. The van der Waals surface area contributed by atoms with Crippen LogP contribution < -0.4 is 11.2 Å². The maximum absolute atomic E-state index is 12.4. The van der Waals surface area contributed by atoms with E-state index >= 15 is 0 Å². The summed E-state index contributed by atoms with van der Waals surface area (Å²) in [4.78, 5) is 12.4. The zero-order chi connectivity index (χ0) is 14.2. The second kappa shape index (κ2) is 5.69. The summed E-state index contributed by atoms with van der Waals surface area (Å²) >= 11 is 4.95. The van der Waals surface area contributed by atoms with Crippen molar-refractivity contribution in [3.8, 4) is 0 Å². The first-order valence-corrected chi connectivity index (χ1v) is 7.88. The Kier molecular flexibility index (Phi) is 4.38. The molecule has 0 amide bonds. The van der Waals surface area contributed by atoms with Crippen LogP contribution in [0, 0.1) is 6.92 Å². The fraction of sp³-hybridized carbons (Fsp3) is 0.357. The Balaban J connectivity index is 2.88. The minimum Gasteiger partial charge on any atom is -0.449 e. The van der Waals surface area contributed by atoms with Crippen LogP contribution >= 0.6 is 27.7 Å². The minimum absolute atomic E-state index is 0.0143. The number of thioether (sulfide) groups is 1. The Morgan fingerprint density at radius 2 is 2.16 bits per heavy atom. The first-order valence-electron chi connectivity index (χ1n) is 6.11. The van der Waals surface area contributed by atoms with Crippen LogP contribution in [0.25, 0.3) is 11.0 Å². The second-order valence-electron chi connectivity index (χ2n) is 4.44. The molecule has 2 N–H and O–H groups in total. The summed E-state index contributed by atoms with van der Waals surface area (Å²) in [6.45, 7) is 5.71. The standard InChI is InChI=1S/C14H16BrNO2S/c1-4-19-14-7(2)12(17)11-6-9(15)5-10(8(3)16)13(11)18-14/h5-6,8H,4,16H2,1-3H3/t8-/m1/s1. The molecule has 0 unspecified atom stereocenters. The minimum atomic E-state index is -0.190. The summed E-state index contributed by atoms with van der Waals surface area (Å²) in [5, 5.41) is 1.27. The maximum Gasteiger partial charge on any atom is 0.196 e. The third-order valence-electron chi connectivity index (χ3n) is 2.93. The van der Waals surface area contributed by atoms with Crippen molar-refractivity contribution in [2.45, 2.75) is 31.9 Å². The molecule has 19 heavy (non-hydrogen) atoms. The number of hydrogen-bond donors (Lipinski definition) is 1. The number of hydrogen-bond acceptors (Lipinski definition) is 4. The van der Waals surface area contributed by atoms with Gasteiger partial charge in [-0.1, -0.05) is 34.6 Å². The molecule has 0 aliphatic heterocycles. The quantitative estimate of drug-likeness (QED) is 0.857. The van der Waals surface area contributed by atoms with E-state index < -0.39 is 0 Å². The third-order valence-corrected chi connectivity index (χ3v) is 4.33. The van der Waals surface area contributed by atoms with Gasteiger partial charge in [-0.05, 0) is 31.7 Å². The average molecular weight is 342 g/mol. The zero-order valence-electron chi connectivity index (χ0n) is 11.1. The van der Waals surface area contributed by atoms with Gasteiger partial charge in [-0.15, -0.1) is 0 Å². The predicted octanol–water partition coefficient (Wildman–Crippen LogP) is 4.00. The summed E-state index contributed by atoms with van der Waals surface area (Å²) in [7, 11) is 0. The largest absolute Gasteiger partial charge is 0.449 e. The summed E-state index contributed by atoms with van der Waals surface area (Å²) in [6, 6.07) is 3.51. The second-order valence-corrected chi connectivity index (χ2v) is 6.59. The molecule has 0 radical (unpaired) electrons. The molecule has 3 nitrogen and oxygen atoms in total. The smallest absolute Gasteiger partial charge is 0.196 e. The number of fused-ring (bicyclic) bond motifs is 1. The molecular weight excluding hydrogens is 326 g/mol. The van der Waals surface area contributed by atoms with Crippen molar-refractivity contribution in [2.24, 2.45) is 5.73 Å². The van der Waals surface area contributed by atoms with Crippen molar-refractivity contribution in [3.05, 3.63) is 38.0 Å². The molecule has 1 heterocycles. The van der Waals surface area contributed by atoms with Crippen LogP contribution in [-0.4, -0.2) is 5.75 Å². The van der Waals surface area contributed by atoms with E-state index in [9.17, 15) is 4.79 Å². The van der Waals surface area contributed by atoms with E-state index in [0.29, 0.717) is 21.6 Å². The van der Waals surface area contributed by atoms with Crippen LogP contribution in [0.3, 0.4) is 0 Å². The molecule has 0 aliphatic carbocycles. The van der Waals surface area contributed by atoms with Crippen LogP contribution in [0.2, 0.25) is 0 Å². The fourth-order valence-electron chi connectivity index (χ4n) is 1.97. The Bertz CT molecular complexity index is 679. The molecule has 0 saturated heterocycles. The third kappa shape index (κ3) is 2.73. The van der Waals surface area contributed by atoms with Gasteiger partial charge in [-0.2, -0.15) is 0 Å². The number of benzene rings is 1. The molecule has 0 bridgehead atoms. The van der Waals surface area contributed by atoms with Gasteiger partial charge in [0.15, 0.2) is 10.5 Å². The summed E-state index contributed by atoms with van der Waals surface area (Å²) in [5.74, 6) is 0.860. The molecular formula is C14H16BrNO2S. The lowest BCUT2D eigenvalue weighted by Gasteiger charge is -2.12.